The molecular formula is C14H19BrN2. The molecule has 0 aromatic heterocycles. The molecule has 0 amide bonds. The lowest BCUT2D eigenvalue weighted by atomic mass is 10.2. The van der Waals surface area contributed by atoms with Crippen molar-refractivity contribution in [2.45, 2.75) is 25.4 Å². The number of piperazine rings is 1. The fourth-order valence-corrected chi connectivity index (χ4v) is 2.84. The molecule has 2 aliphatic rings. The highest BCUT2D eigenvalue weighted by Crippen LogP contribution is 2.27. The zero-order chi connectivity index (χ0) is 11.7. The maximum atomic E-state index is 3.48. The van der Waals surface area contributed by atoms with Crippen LogP contribution >= 0.6 is 15.9 Å². The second kappa shape index (κ2) is 5.09. The number of benzene rings is 1. The number of hydrogen-bond acceptors (Lipinski definition) is 2. The summed E-state index contributed by atoms with van der Waals surface area (Å²) in [6.07, 6.45) is 2.87. The molecule has 1 saturated heterocycles. The van der Waals surface area contributed by atoms with E-state index in [-0.39, 0.29) is 0 Å². The van der Waals surface area contributed by atoms with Gasteiger partial charge in [-0.15, -0.1) is 0 Å². The van der Waals surface area contributed by atoms with Crippen LogP contribution in [-0.2, 0) is 6.54 Å². The molecule has 3 rings (SSSR count). The van der Waals surface area contributed by atoms with Crippen molar-refractivity contribution in [1.82, 2.24) is 9.80 Å². The summed E-state index contributed by atoms with van der Waals surface area (Å²) in [4.78, 5) is 5.24. The molecule has 2 nitrogen and oxygen atoms in total. The zero-order valence-electron chi connectivity index (χ0n) is 10.1. The van der Waals surface area contributed by atoms with Crippen LogP contribution in [0.1, 0.15) is 18.4 Å². The molecule has 1 aliphatic carbocycles. The Morgan fingerprint density at radius 1 is 1.00 bits per heavy atom. The summed E-state index contributed by atoms with van der Waals surface area (Å²) in [7, 11) is 0. The van der Waals surface area contributed by atoms with Crippen molar-refractivity contribution in [3.05, 3.63) is 34.3 Å². The van der Waals surface area contributed by atoms with Gasteiger partial charge in [-0.25, -0.2) is 0 Å². The quantitative estimate of drug-likeness (QED) is 0.846. The molecule has 2 fully saturated rings. The van der Waals surface area contributed by atoms with Crippen molar-refractivity contribution < 1.29 is 0 Å². The third-order valence-corrected chi connectivity index (χ3v) is 4.32. The summed E-state index contributed by atoms with van der Waals surface area (Å²) < 4.78 is 1.17. The molecular weight excluding hydrogens is 276 g/mol. The van der Waals surface area contributed by atoms with E-state index >= 15 is 0 Å². The molecule has 17 heavy (non-hydrogen) atoms. The van der Waals surface area contributed by atoms with Gasteiger partial charge in [-0.1, -0.05) is 28.1 Å². The molecule has 3 heteroatoms. The topological polar surface area (TPSA) is 6.48 Å². The lowest BCUT2D eigenvalue weighted by Gasteiger charge is -2.34. The van der Waals surface area contributed by atoms with E-state index in [0.717, 1.165) is 12.6 Å². The van der Waals surface area contributed by atoms with Crippen LogP contribution < -0.4 is 0 Å². The summed E-state index contributed by atoms with van der Waals surface area (Å²) in [6, 6.07) is 9.64. The van der Waals surface area contributed by atoms with E-state index in [2.05, 4.69) is 50.0 Å². The van der Waals surface area contributed by atoms with E-state index in [1.165, 1.54) is 49.1 Å². The maximum Gasteiger partial charge on any atom is 0.0234 e. The summed E-state index contributed by atoms with van der Waals surface area (Å²) in [5.41, 5.74) is 1.42. The third kappa shape index (κ3) is 3.09. The van der Waals surface area contributed by atoms with Crippen molar-refractivity contribution in [1.29, 1.82) is 0 Å². The molecule has 1 aromatic rings. The van der Waals surface area contributed by atoms with Crippen molar-refractivity contribution in [2.24, 2.45) is 0 Å². The fourth-order valence-electron chi connectivity index (χ4n) is 2.57. The van der Waals surface area contributed by atoms with Gasteiger partial charge < -0.3 is 0 Å². The SMILES string of the molecule is Brc1ccc(CN2CCN(C3CC3)CC2)cc1. The standard InChI is InChI=1S/C14H19BrN2/c15-13-3-1-12(2-4-13)11-16-7-9-17(10-8-16)14-5-6-14/h1-4,14H,5-11H2. The van der Waals surface area contributed by atoms with E-state index in [0.29, 0.717) is 0 Å². The minimum Gasteiger partial charge on any atom is -0.298 e. The van der Waals surface area contributed by atoms with E-state index < -0.39 is 0 Å². The van der Waals surface area contributed by atoms with Gasteiger partial charge in [-0.2, -0.15) is 0 Å². The van der Waals surface area contributed by atoms with Crippen molar-refractivity contribution >= 4 is 15.9 Å². The molecule has 0 N–H and O–H groups in total. The van der Waals surface area contributed by atoms with Crippen LogP contribution in [0.4, 0.5) is 0 Å². The predicted octanol–water partition coefficient (Wildman–Crippen LogP) is 2.73. The molecule has 1 aromatic carbocycles. The van der Waals surface area contributed by atoms with Gasteiger partial charge in [0.2, 0.25) is 0 Å². The largest absolute Gasteiger partial charge is 0.298 e. The Kier molecular flexibility index (Phi) is 3.50. The first-order valence-corrected chi connectivity index (χ1v) is 7.31. The van der Waals surface area contributed by atoms with Gasteiger partial charge in [0.1, 0.15) is 0 Å². The minimum atomic E-state index is 0.935. The van der Waals surface area contributed by atoms with E-state index in [1.807, 2.05) is 0 Å². The lowest BCUT2D eigenvalue weighted by molar-refractivity contribution is 0.121. The molecule has 0 bridgehead atoms. The highest BCUT2D eigenvalue weighted by atomic mass is 79.9. The smallest absolute Gasteiger partial charge is 0.0234 e. The summed E-state index contributed by atoms with van der Waals surface area (Å²) in [6.45, 7) is 6.09. The van der Waals surface area contributed by atoms with E-state index in [9.17, 15) is 0 Å². The van der Waals surface area contributed by atoms with Gasteiger partial charge in [0, 0.05) is 43.2 Å². The highest BCUT2D eigenvalue weighted by molar-refractivity contribution is 9.10. The molecule has 1 aliphatic heterocycles. The molecule has 1 heterocycles. The third-order valence-electron chi connectivity index (χ3n) is 3.79. The molecule has 92 valence electrons. The second-order valence-electron chi connectivity index (χ2n) is 5.17. The average molecular weight is 295 g/mol. The molecule has 0 atom stereocenters. The van der Waals surface area contributed by atoms with Crippen LogP contribution in [0.25, 0.3) is 0 Å². The first-order chi connectivity index (χ1) is 8.31. The Morgan fingerprint density at radius 3 is 2.24 bits per heavy atom. The first-order valence-electron chi connectivity index (χ1n) is 6.52. The summed E-state index contributed by atoms with van der Waals surface area (Å²) in [5.74, 6) is 0. The van der Waals surface area contributed by atoms with Gasteiger partial charge in [0.05, 0.1) is 0 Å². The Hall–Kier alpha value is -0.380. The summed E-state index contributed by atoms with van der Waals surface area (Å²) >= 11 is 3.48. The predicted molar refractivity (Wildman–Crippen MR) is 74.0 cm³/mol. The lowest BCUT2D eigenvalue weighted by Crippen LogP contribution is -2.46. The van der Waals surface area contributed by atoms with Gasteiger partial charge in [-0.05, 0) is 30.5 Å². The van der Waals surface area contributed by atoms with E-state index in [1.54, 1.807) is 0 Å². The van der Waals surface area contributed by atoms with Crippen LogP contribution in [0, 0.1) is 0 Å². The fraction of sp³-hybridized carbons (Fsp3) is 0.571. The average Bonchev–Trinajstić information content (AvgIpc) is 3.17. The van der Waals surface area contributed by atoms with Gasteiger partial charge in [0.25, 0.3) is 0 Å². The van der Waals surface area contributed by atoms with Gasteiger partial charge >= 0.3 is 0 Å². The maximum absolute atomic E-state index is 3.48. The van der Waals surface area contributed by atoms with Crippen molar-refractivity contribution in [2.75, 3.05) is 26.2 Å². The Bertz CT molecular complexity index is 364. The molecule has 1 saturated carbocycles. The van der Waals surface area contributed by atoms with Crippen LogP contribution in [-0.4, -0.2) is 42.0 Å². The normalized spacial score (nSPS) is 22.9. The Morgan fingerprint density at radius 2 is 1.65 bits per heavy atom. The first kappa shape index (κ1) is 11.7. The van der Waals surface area contributed by atoms with E-state index in [4.69, 9.17) is 0 Å². The number of halogens is 1. The second-order valence-corrected chi connectivity index (χ2v) is 6.09. The van der Waals surface area contributed by atoms with Crippen molar-refractivity contribution in [3.63, 3.8) is 0 Å². The van der Waals surface area contributed by atoms with Crippen LogP contribution in [0.5, 0.6) is 0 Å². The van der Waals surface area contributed by atoms with Gasteiger partial charge in [0.15, 0.2) is 0 Å². The minimum absolute atomic E-state index is 0.935. The molecule has 0 radical (unpaired) electrons. The molecule has 0 unspecified atom stereocenters. The Balaban J connectivity index is 1.51. The zero-order valence-corrected chi connectivity index (χ0v) is 11.7. The van der Waals surface area contributed by atoms with Gasteiger partial charge in [-0.3, -0.25) is 9.80 Å². The highest BCUT2D eigenvalue weighted by Gasteiger charge is 2.30. The van der Waals surface area contributed by atoms with Crippen molar-refractivity contribution in [3.8, 4) is 0 Å². The number of rotatable bonds is 3. The van der Waals surface area contributed by atoms with Crippen LogP contribution in [0.3, 0.4) is 0 Å². The monoisotopic (exact) mass is 294 g/mol. The Labute approximate surface area is 112 Å². The number of hydrogen-bond donors (Lipinski definition) is 0. The van der Waals surface area contributed by atoms with Crippen LogP contribution in [0.2, 0.25) is 0 Å². The van der Waals surface area contributed by atoms with Crippen LogP contribution in [0.15, 0.2) is 28.7 Å². The molecule has 0 spiro atoms. The number of nitrogens with zero attached hydrogens (tertiary/aromatic N) is 2. The summed E-state index contributed by atoms with van der Waals surface area (Å²) in [5, 5.41) is 0.